The summed E-state index contributed by atoms with van der Waals surface area (Å²) < 4.78 is 0. The molecule has 10 heteroatoms. The van der Waals surface area contributed by atoms with Gasteiger partial charge in [-0.3, -0.25) is 9.59 Å². The van der Waals surface area contributed by atoms with E-state index in [4.69, 9.17) is 46.4 Å². The van der Waals surface area contributed by atoms with Crippen molar-refractivity contribution in [2.45, 2.75) is 12.8 Å². The number of para-hydroxylation sites is 2. The van der Waals surface area contributed by atoms with Crippen LogP contribution < -0.4 is 10.6 Å². The Kier molecular flexibility index (Phi) is 8.69. The highest BCUT2D eigenvalue weighted by molar-refractivity contribution is 6.39. The molecule has 0 saturated carbocycles. The fourth-order valence-corrected chi connectivity index (χ4v) is 4.90. The summed E-state index contributed by atoms with van der Waals surface area (Å²) in [6.45, 7) is 0. The lowest BCUT2D eigenvalue weighted by atomic mass is 9.97. The second kappa shape index (κ2) is 12.0. The molecule has 38 heavy (non-hydrogen) atoms. The maximum atomic E-state index is 11.6. The summed E-state index contributed by atoms with van der Waals surface area (Å²) >= 11 is 25.1. The molecular formula is C28H20Cl4N2O4. The zero-order chi connectivity index (χ0) is 27.4. The molecule has 0 bridgehead atoms. The fraction of sp³-hybridized carbons (Fsp3) is 0.0714. The number of carboxylic acid groups (broad SMARTS) is 2. The van der Waals surface area contributed by atoms with E-state index in [9.17, 15) is 19.8 Å². The van der Waals surface area contributed by atoms with Crippen LogP contribution in [0.5, 0.6) is 0 Å². The monoisotopic (exact) mass is 588 g/mol. The molecule has 4 rings (SSSR count). The first-order valence-corrected chi connectivity index (χ1v) is 12.8. The summed E-state index contributed by atoms with van der Waals surface area (Å²) in [4.78, 5) is 23.3. The molecule has 0 aliphatic carbocycles. The Bertz CT molecular complexity index is 1390. The Hall–Kier alpha value is -3.42. The Morgan fingerprint density at radius 3 is 1.24 bits per heavy atom. The minimum atomic E-state index is -1.02. The van der Waals surface area contributed by atoms with Gasteiger partial charge in [0.25, 0.3) is 0 Å². The summed E-state index contributed by atoms with van der Waals surface area (Å²) in [5, 5.41) is 26.9. The maximum Gasteiger partial charge on any atom is 0.307 e. The molecular weight excluding hydrogens is 570 g/mol. The zero-order valence-electron chi connectivity index (χ0n) is 19.6. The lowest BCUT2D eigenvalue weighted by Gasteiger charge is -2.17. The second-order valence-electron chi connectivity index (χ2n) is 8.33. The third-order valence-corrected chi connectivity index (χ3v) is 6.93. The smallest absolute Gasteiger partial charge is 0.307 e. The molecule has 0 aromatic heterocycles. The van der Waals surface area contributed by atoms with Gasteiger partial charge < -0.3 is 20.8 Å². The predicted molar refractivity (Wildman–Crippen MR) is 154 cm³/mol. The number of rotatable bonds is 9. The van der Waals surface area contributed by atoms with Gasteiger partial charge in [-0.25, -0.2) is 0 Å². The lowest BCUT2D eigenvalue weighted by molar-refractivity contribution is -0.137. The minimum absolute atomic E-state index is 0.259. The van der Waals surface area contributed by atoms with Crippen LogP contribution in [-0.2, 0) is 22.4 Å². The number of nitrogens with one attached hydrogen (secondary N) is 2. The first kappa shape index (κ1) is 27.6. The van der Waals surface area contributed by atoms with Gasteiger partial charge in [-0.15, -0.1) is 0 Å². The van der Waals surface area contributed by atoms with Crippen molar-refractivity contribution in [1.29, 1.82) is 0 Å². The molecule has 194 valence electrons. The lowest BCUT2D eigenvalue weighted by Crippen LogP contribution is -2.06. The van der Waals surface area contributed by atoms with Crippen molar-refractivity contribution in [3.8, 4) is 11.1 Å². The average Bonchev–Trinajstić information content (AvgIpc) is 2.84. The molecule has 0 aliphatic heterocycles. The topological polar surface area (TPSA) is 98.7 Å². The number of halogens is 4. The predicted octanol–water partition coefficient (Wildman–Crippen LogP) is 8.71. The maximum absolute atomic E-state index is 11.6. The molecule has 0 fully saturated rings. The molecule has 4 N–H and O–H groups in total. The molecule has 0 heterocycles. The van der Waals surface area contributed by atoms with E-state index >= 15 is 0 Å². The molecule has 0 spiro atoms. The van der Waals surface area contributed by atoms with Crippen molar-refractivity contribution in [3.05, 3.63) is 104 Å². The van der Waals surface area contributed by atoms with E-state index in [1.165, 1.54) is 0 Å². The summed E-state index contributed by atoms with van der Waals surface area (Å²) in [7, 11) is 0. The van der Waals surface area contributed by atoms with Crippen molar-refractivity contribution >= 4 is 81.1 Å². The van der Waals surface area contributed by atoms with E-state index in [1.807, 2.05) is 0 Å². The van der Waals surface area contributed by atoms with E-state index in [0.717, 1.165) is 0 Å². The van der Waals surface area contributed by atoms with E-state index in [0.29, 0.717) is 65.1 Å². The van der Waals surface area contributed by atoms with E-state index in [2.05, 4.69) is 10.6 Å². The van der Waals surface area contributed by atoms with E-state index in [-0.39, 0.29) is 12.8 Å². The normalized spacial score (nSPS) is 10.7. The Labute approximate surface area is 238 Å². The van der Waals surface area contributed by atoms with E-state index < -0.39 is 11.9 Å². The summed E-state index contributed by atoms with van der Waals surface area (Å²) in [5.74, 6) is -2.03. The van der Waals surface area contributed by atoms with Crippen molar-refractivity contribution in [3.63, 3.8) is 0 Å². The van der Waals surface area contributed by atoms with Gasteiger partial charge in [0.15, 0.2) is 0 Å². The van der Waals surface area contributed by atoms with Crippen LogP contribution >= 0.6 is 46.4 Å². The Morgan fingerprint density at radius 1 is 0.579 bits per heavy atom. The minimum Gasteiger partial charge on any atom is -0.481 e. The largest absolute Gasteiger partial charge is 0.481 e. The number of benzene rings is 4. The molecule has 0 atom stereocenters. The molecule has 0 radical (unpaired) electrons. The molecule has 0 unspecified atom stereocenters. The van der Waals surface area contributed by atoms with Crippen molar-refractivity contribution < 1.29 is 19.8 Å². The van der Waals surface area contributed by atoms with Gasteiger partial charge in [0.1, 0.15) is 0 Å². The van der Waals surface area contributed by atoms with Gasteiger partial charge in [-0.1, -0.05) is 70.7 Å². The van der Waals surface area contributed by atoms with Gasteiger partial charge in [0.05, 0.1) is 44.3 Å². The third-order valence-electron chi connectivity index (χ3n) is 5.67. The van der Waals surface area contributed by atoms with Crippen LogP contribution in [-0.4, -0.2) is 22.2 Å². The quantitative estimate of drug-likeness (QED) is 0.156. The van der Waals surface area contributed by atoms with Gasteiger partial charge in [-0.2, -0.15) is 0 Å². The highest BCUT2D eigenvalue weighted by Crippen LogP contribution is 2.37. The first-order valence-electron chi connectivity index (χ1n) is 11.2. The van der Waals surface area contributed by atoms with Crippen LogP contribution in [0.1, 0.15) is 11.1 Å². The van der Waals surface area contributed by atoms with E-state index in [1.54, 1.807) is 72.8 Å². The molecule has 4 aromatic rings. The zero-order valence-corrected chi connectivity index (χ0v) is 22.6. The fourth-order valence-electron chi connectivity index (χ4n) is 3.91. The summed E-state index contributed by atoms with van der Waals surface area (Å²) in [6, 6.07) is 20.7. The first-order chi connectivity index (χ1) is 18.1. The van der Waals surface area contributed by atoms with Crippen LogP contribution in [0.25, 0.3) is 11.1 Å². The molecule has 4 aromatic carbocycles. The molecule has 0 amide bonds. The number of carbonyl (C=O) groups is 2. The van der Waals surface area contributed by atoms with Crippen LogP contribution in [0, 0.1) is 0 Å². The van der Waals surface area contributed by atoms with Crippen LogP contribution in [0.3, 0.4) is 0 Å². The summed E-state index contributed by atoms with van der Waals surface area (Å²) in [5.41, 5.74) is 4.39. The summed E-state index contributed by atoms with van der Waals surface area (Å²) in [6.07, 6.45) is -0.518. The Balaban J connectivity index is 1.74. The van der Waals surface area contributed by atoms with Crippen molar-refractivity contribution in [2.24, 2.45) is 0 Å². The van der Waals surface area contributed by atoms with Crippen molar-refractivity contribution in [1.82, 2.24) is 0 Å². The molecule has 6 nitrogen and oxygen atoms in total. The molecule has 0 saturated heterocycles. The number of aliphatic carboxylic acids is 2. The number of hydrogen-bond donors (Lipinski definition) is 4. The van der Waals surface area contributed by atoms with Gasteiger partial charge in [-0.05, 0) is 70.8 Å². The highest BCUT2D eigenvalue weighted by atomic mass is 35.5. The van der Waals surface area contributed by atoms with Gasteiger partial charge in [0.2, 0.25) is 0 Å². The standard InChI is InChI=1S/C28H20Cl4N2O4/c29-19-3-1-4-20(30)27(19)33-23-9-7-15(11-17(23)13-25(35)36)16-8-10-24(18(12-16)14-26(37)38)34-28-21(31)5-2-6-22(28)32/h1-12,33-34H,13-14H2,(H,35,36)(H,37,38). The number of anilines is 4. The van der Waals surface area contributed by atoms with Crippen LogP contribution in [0.15, 0.2) is 72.8 Å². The van der Waals surface area contributed by atoms with Crippen molar-refractivity contribution in [2.75, 3.05) is 10.6 Å². The SMILES string of the molecule is O=C(O)Cc1cc(-c2ccc(Nc3c(Cl)cccc3Cl)c(CC(=O)O)c2)ccc1Nc1c(Cl)cccc1Cl. The highest BCUT2D eigenvalue weighted by Gasteiger charge is 2.16. The third kappa shape index (κ3) is 6.52. The Morgan fingerprint density at radius 2 is 0.921 bits per heavy atom. The average molecular weight is 590 g/mol. The number of carboxylic acids is 2. The second-order valence-corrected chi connectivity index (χ2v) is 9.96. The van der Waals surface area contributed by atoms with Gasteiger partial charge in [0, 0.05) is 11.4 Å². The van der Waals surface area contributed by atoms with Gasteiger partial charge >= 0.3 is 11.9 Å². The van der Waals surface area contributed by atoms with Crippen LogP contribution in [0.4, 0.5) is 22.7 Å². The van der Waals surface area contributed by atoms with Crippen LogP contribution in [0.2, 0.25) is 20.1 Å². The molecule has 0 aliphatic rings. The number of hydrogen-bond acceptors (Lipinski definition) is 4.